The summed E-state index contributed by atoms with van der Waals surface area (Å²) in [5.74, 6) is 0. The first-order chi connectivity index (χ1) is 7.69. The van der Waals surface area contributed by atoms with E-state index in [-0.39, 0.29) is 0 Å². The van der Waals surface area contributed by atoms with E-state index in [4.69, 9.17) is 5.73 Å². The molecule has 1 unspecified atom stereocenters. The topological polar surface area (TPSA) is 43.8 Å². The van der Waals surface area contributed by atoms with Crippen molar-refractivity contribution in [3.05, 3.63) is 18.0 Å². The van der Waals surface area contributed by atoms with E-state index in [2.05, 4.69) is 35.9 Å². The third kappa shape index (κ3) is 2.14. The molecule has 1 aromatic heterocycles. The highest BCUT2D eigenvalue weighted by atomic mass is 15.3. The lowest BCUT2D eigenvalue weighted by molar-refractivity contribution is 0.143. The summed E-state index contributed by atoms with van der Waals surface area (Å²) in [6, 6.07) is 2.66. The summed E-state index contributed by atoms with van der Waals surface area (Å²) in [5.41, 5.74) is 7.46. The molecule has 1 atom stereocenters. The van der Waals surface area contributed by atoms with Gasteiger partial charge < -0.3 is 5.73 Å². The van der Waals surface area contributed by atoms with Gasteiger partial charge in [-0.1, -0.05) is 13.3 Å². The number of hydrogen-bond acceptors (Lipinski definition) is 2. The molecule has 0 aliphatic heterocycles. The van der Waals surface area contributed by atoms with E-state index in [1.807, 2.05) is 0 Å². The van der Waals surface area contributed by atoms with Gasteiger partial charge in [-0.2, -0.15) is 5.10 Å². The zero-order valence-electron chi connectivity index (χ0n) is 10.4. The molecule has 0 spiro atoms. The third-order valence-electron chi connectivity index (χ3n) is 4.11. The first-order valence-electron chi connectivity index (χ1n) is 6.43. The molecule has 90 valence electrons. The molecule has 1 saturated carbocycles. The predicted molar refractivity (Wildman–Crippen MR) is 66.3 cm³/mol. The van der Waals surface area contributed by atoms with Crippen LogP contribution in [0.15, 0.2) is 12.3 Å². The smallest absolute Gasteiger partial charge is 0.0630 e. The summed E-state index contributed by atoms with van der Waals surface area (Å²) in [4.78, 5) is 0. The second kappa shape index (κ2) is 4.58. The Morgan fingerprint density at radius 2 is 2.31 bits per heavy atom. The first kappa shape index (κ1) is 11.6. The molecule has 2 N–H and O–H groups in total. The zero-order chi connectivity index (χ0) is 11.6. The minimum Gasteiger partial charge on any atom is -0.330 e. The molecule has 0 radical (unpaired) electrons. The molecule has 0 bridgehead atoms. The Kier molecular flexibility index (Phi) is 3.33. The van der Waals surface area contributed by atoms with Crippen LogP contribution in [0, 0.1) is 5.41 Å². The number of nitrogens with zero attached hydrogens (tertiary/aromatic N) is 2. The van der Waals surface area contributed by atoms with Gasteiger partial charge in [0.05, 0.1) is 5.69 Å². The maximum atomic E-state index is 5.87. The number of rotatable bonds is 5. The molecule has 1 aromatic rings. The van der Waals surface area contributed by atoms with Crippen molar-refractivity contribution in [2.45, 2.75) is 52.0 Å². The molecule has 3 nitrogen and oxygen atoms in total. The van der Waals surface area contributed by atoms with Gasteiger partial charge in [-0.25, -0.2) is 0 Å². The number of hydrogen-bond donors (Lipinski definition) is 1. The highest BCUT2D eigenvalue weighted by molar-refractivity contribution is 5.06. The molecule has 3 heteroatoms. The normalized spacial score (nSPS) is 20.4. The van der Waals surface area contributed by atoms with Crippen molar-refractivity contribution in [2.75, 3.05) is 6.54 Å². The molecule has 1 heterocycles. The van der Waals surface area contributed by atoms with Crippen LogP contribution in [0.1, 0.15) is 51.3 Å². The van der Waals surface area contributed by atoms with Gasteiger partial charge in [-0.15, -0.1) is 0 Å². The molecule has 0 aromatic carbocycles. The Hall–Kier alpha value is -0.830. The maximum absolute atomic E-state index is 5.87. The summed E-state index contributed by atoms with van der Waals surface area (Å²) in [6.45, 7) is 5.21. The van der Waals surface area contributed by atoms with Crippen LogP contribution in [-0.4, -0.2) is 16.3 Å². The first-order valence-corrected chi connectivity index (χ1v) is 6.43. The van der Waals surface area contributed by atoms with E-state index in [9.17, 15) is 0 Å². The lowest BCUT2D eigenvalue weighted by atomic mass is 9.66. The molecule has 1 aliphatic carbocycles. The largest absolute Gasteiger partial charge is 0.330 e. The zero-order valence-corrected chi connectivity index (χ0v) is 10.4. The quantitative estimate of drug-likeness (QED) is 0.830. The van der Waals surface area contributed by atoms with Crippen LogP contribution >= 0.6 is 0 Å². The Balaban J connectivity index is 2.02. The van der Waals surface area contributed by atoms with Gasteiger partial charge in [-0.3, -0.25) is 4.68 Å². The van der Waals surface area contributed by atoms with Crippen LogP contribution in [0.2, 0.25) is 0 Å². The molecule has 1 fully saturated rings. The molecule has 0 amide bonds. The minimum atomic E-state index is 0.370. The summed E-state index contributed by atoms with van der Waals surface area (Å²) in [7, 11) is 0. The van der Waals surface area contributed by atoms with Gasteiger partial charge in [0, 0.05) is 12.2 Å². The third-order valence-corrected chi connectivity index (χ3v) is 4.11. The SMILES string of the molecule is CCC(C)n1ccc(CC2(CN)CCC2)n1. The monoisotopic (exact) mass is 221 g/mol. The average Bonchev–Trinajstić information content (AvgIpc) is 2.70. The van der Waals surface area contributed by atoms with Crippen molar-refractivity contribution in [3.8, 4) is 0 Å². The van der Waals surface area contributed by atoms with Crippen LogP contribution in [0.5, 0.6) is 0 Å². The van der Waals surface area contributed by atoms with Gasteiger partial charge in [0.1, 0.15) is 0 Å². The van der Waals surface area contributed by atoms with Gasteiger partial charge in [-0.05, 0) is 50.6 Å². The molecule has 1 aliphatic rings. The maximum Gasteiger partial charge on any atom is 0.0630 e. The van der Waals surface area contributed by atoms with Crippen molar-refractivity contribution < 1.29 is 0 Å². The highest BCUT2D eigenvalue weighted by Gasteiger charge is 2.36. The summed E-state index contributed by atoms with van der Waals surface area (Å²) >= 11 is 0. The van der Waals surface area contributed by atoms with Crippen LogP contribution in [0.4, 0.5) is 0 Å². The van der Waals surface area contributed by atoms with E-state index in [0.29, 0.717) is 11.5 Å². The van der Waals surface area contributed by atoms with Crippen molar-refractivity contribution in [1.82, 2.24) is 9.78 Å². The summed E-state index contributed by atoms with van der Waals surface area (Å²) < 4.78 is 2.08. The molecule has 16 heavy (non-hydrogen) atoms. The van der Waals surface area contributed by atoms with Gasteiger partial charge in [0.15, 0.2) is 0 Å². The fourth-order valence-electron chi connectivity index (χ4n) is 2.42. The van der Waals surface area contributed by atoms with E-state index in [1.165, 1.54) is 25.0 Å². The minimum absolute atomic E-state index is 0.370. The Bertz CT molecular complexity index is 333. The lowest BCUT2D eigenvalue weighted by Gasteiger charge is -2.40. The van der Waals surface area contributed by atoms with E-state index >= 15 is 0 Å². The van der Waals surface area contributed by atoms with Crippen LogP contribution in [0.25, 0.3) is 0 Å². The predicted octanol–water partition coefficient (Wildman–Crippen LogP) is 2.53. The van der Waals surface area contributed by atoms with Crippen molar-refractivity contribution in [1.29, 1.82) is 0 Å². The molecular weight excluding hydrogens is 198 g/mol. The van der Waals surface area contributed by atoms with Crippen molar-refractivity contribution >= 4 is 0 Å². The second-order valence-electron chi connectivity index (χ2n) is 5.28. The average molecular weight is 221 g/mol. The standard InChI is InChI=1S/C13H23N3/c1-3-11(2)16-8-5-12(15-16)9-13(10-14)6-4-7-13/h5,8,11H,3-4,6-7,9-10,14H2,1-2H3. The fraction of sp³-hybridized carbons (Fsp3) is 0.769. The molecule has 2 rings (SSSR count). The number of aromatic nitrogens is 2. The Labute approximate surface area is 98.0 Å². The van der Waals surface area contributed by atoms with E-state index in [0.717, 1.165) is 19.4 Å². The van der Waals surface area contributed by atoms with Crippen LogP contribution < -0.4 is 5.73 Å². The van der Waals surface area contributed by atoms with Gasteiger partial charge in [0.25, 0.3) is 0 Å². The molecule has 0 saturated heterocycles. The Morgan fingerprint density at radius 3 is 2.81 bits per heavy atom. The number of nitrogens with two attached hydrogens (primary N) is 1. The van der Waals surface area contributed by atoms with Crippen molar-refractivity contribution in [3.63, 3.8) is 0 Å². The van der Waals surface area contributed by atoms with Crippen molar-refractivity contribution in [2.24, 2.45) is 11.1 Å². The van der Waals surface area contributed by atoms with Gasteiger partial charge >= 0.3 is 0 Å². The summed E-state index contributed by atoms with van der Waals surface area (Å²) in [5, 5.41) is 4.66. The van der Waals surface area contributed by atoms with E-state index in [1.54, 1.807) is 0 Å². The Morgan fingerprint density at radius 1 is 1.56 bits per heavy atom. The second-order valence-corrected chi connectivity index (χ2v) is 5.28. The van der Waals surface area contributed by atoms with Gasteiger partial charge in [0.2, 0.25) is 0 Å². The highest BCUT2D eigenvalue weighted by Crippen LogP contribution is 2.42. The van der Waals surface area contributed by atoms with Crippen LogP contribution in [0.3, 0.4) is 0 Å². The lowest BCUT2D eigenvalue weighted by Crippen LogP contribution is -2.39. The van der Waals surface area contributed by atoms with E-state index < -0.39 is 0 Å². The fourth-order valence-corrected chi connectivity index (χ4v) is 2.42. The summed E-state index contributed by atoms with van der Waals surface area (Å²) in [6.07, 6.45) is 8.19. The van der Waals surface area contributed by atoms with Crippen LogP contribution in [-0.2, 0) is 6.42 Å². The molecular formula is C13H23N3.